The van der Waals surface area contributed by atoms with E-state index in [4.69, 9.17) is 19.8 Å². The predicted molar refractivity (Wildman–Crippen MR) is 150 cm³/mol. The molecule has 0 aromatic carbocycles. The van der Waals surface area contributed by atoms with Crippen LogP contribution >= 0.6 is 0 Å². The fraction of sp³-hybridized carbons (Fsp3) is 0.433. The lowest BCUT2D eigenvalue weighted by atomic mass is 9.91. The SMILES string of the molecule is COc1cnn2cc(-c3nn4c(c3C)CN([C@H]3C[C@H]5C[C@@H]3CC5=NC#N)CC4)cc(O[C@H](CO)c3ccc(F)cn3)c12. The molecule has 0 spiro atoms. The molecule has 4 aromatic heterocycles. The van der Waals surface area contributed by atoms with E-state index in [1.807, 2.05) is 18.5 Å². The standard InChI is InChI=1S/C30H31FN8O3/c1-17-25-14-37(24-9-18-7-19(24)8-23(18)34-16-32)5-6-38(25)36-29(17)20-10-26(30-27(41-2)12-35-39(30)13-20)42-28(15-40)22-4-3-21(31)11-33-22/h3-4,10-13,18-19,24,28,40H,5-9,14-15H2,1-2H3/t18-,19-,24+,28-/m1/s1. The van der Waals surface area contributed by atoms with E-state index < -0.39 is 11.9 Å². The summed E-state index contributed by atoms with van der Waals surface area (Å²) >= 11 is 0. The highest BCUT2D eigenvalue weighted by atomic mass is 19.1. The summed E-state index contributed by atoms with van der Waals surface area (Å²) in [7, 11) is 1.56. The lowest BCUT2D eigenvalue weighted by molar-refractivity contribution is 0.114. The van der Waals surface area contributed by atoms with Crippen LogP contribution in [0, 0.1) is 36.0 Å². The molecule has 42 heavy (non-hydrogen) atoms. The van der Waals surface area contributed by atoms with E-state index in [0.717, 1.165) is 67.6 Å². The first kappa shape index (κ1) is 26.6. The molecule has 2 fully saturated rings. The second-order valence-corrected chi connectivity index (χ2v) is 11.3. The van der Waals surface area contributed by atoms with Crippen molar-refractivity contribution in [2.45, 2.75) is 51.4 Å². The summed E-state index contributed by atoms with van der Waals surface area (Å²) in [4.78, 5) is 10.8. The summed E-state index contributed by atoms with van der Waals surface area (Å²) in [6.07, 6.45) is 8.90. The number of aliphatic imine (C=N–C) groups is 1. The topological polar surface area (TPSA) is 126 Å². The van der Waals surface area contributed by atoms with Gasteiger partial charge in [-0.25, -0.2) is 8.91 Å². The lowest BCUT2D eigenvalue weighted by Gasteiger charge is -2.37. The van der Waals surface area contributed by atoms with Crippen molar-refractivity contribution in [1.82, 2.24) is 29.3 Å². The fourth-order valence-electron chi connectivity index (χ4n) is 7.05. The molecule has 12 heteroatoms. The van der Waals surface area contributed by atoms with Crippen LogP contribution in [0.3, 0.4) is 0 Å². The summed E-state index contributed by atoms with van der Waals surface area (Å²) in [5, 5.41) is 28.6. The van der Waals surface area contributed by atoms with Gasteiger partial charge in [-0.1, -0.05) is 0 Å². The third kappa shape index (κ3) is 4.40. The van der Waals surface area contributed by atoms with Crippen molar-refractivity contribution in [2.75, 3.05) is 20.3 Å². The maximum atomic E-state index is 13.5. The lowest BCUT2D eigenvalue weighted by Crippen LogP contribution is -2.44. The number of hydrogen-bond acceptors (Lipinski definition) is 9. The number of aliphatic hydroxyl groups excluding tert-OH is 1. The zero-order valence-electron chi connectivity index (χ0n) is 23.4. The summed E-state index contributed by atoms with van der Waals surface area (Å²) in [5.41, 5.74) is 6.03. The Morgan fingerprint density at radius 1 is 1.24 bits per heavy atom. The minimum Gasteiger partial charge on any atom is -0.493 e. The molecule has 0 saturated heterocycles. The number of ether oxygens (including phenoxy) is 2. The Balaban J connectivity index is 1.20. The van der Waals surface area contributed by atoms with Gasteiger partial charge < -0.3 is 14.6 Å². The van der Waals surface area contributed by atoms with Gasteiger partial charge in [-0.05, 0) is 61.8 Å². The van der Waals surface area contributed by atoms with Crippen molar-refractivity contribution in [1.29, 1.82) is 5.26 Å². The number of pyridine rings is 2. The number of methoxy groups -OCH3 is 1. The van der Waals surface area contributed by atoms with E-state index in [9.17, 15) is 9.50 Å². The monoisotopic (exact) mass is 570 g/mol. The molecule has 216 valence electrons. The van der Waals surface area contributed by atoms with Crippen molar-refractivity contribution in [2.24, 2.45) is 16.8 Å². The Morgan fingerprint density at radius 2 is 2.12 bits per heavy atom. The molecular weight excluding hydrogens is 539 g/mol. The van der Waals surface area contributed by atoms with E-state index in [2.05, 4.69) is 31.6 Å². The number of nitriles is 1. The van der Waals surface area contributed by atoms with Gasteiger partial charge in [0.2, 0.25) is 6.19 Å². The maximum absolute atomic E-state index is 13.5. The summed E-state index contributed by atoms with van der Waals surface area (Å²) < 4.78 is 29.1. The molecule has 1 N–H and O–H groups in total. The van der Waals surface area contributed by atoms with E-state index in [-0.39, 0.29) is 6.61 Å². The molecule has 5 heterocycles. The van der Waals surface area contributed by atoms with Crippen LogP contribution in [-0.2, 0) is 13.1 Å². The molecule has 2 bridgehead atoms. The van der Waals surface area contributed by atoms with E-state index >= 15 is 0 Å². The van der Waals surface area contributed by atoms with Gasteiger partial charge in [0.25, 0.3) is 0 Å². The van der Waals surface area contributed by atoms with Gasteiger partial charge in [0.15, 0.2) is 23.1 Å². The van der Waals surface area contributed by atoms with Crippen molar-refractivity contribution >= 4 is 11.2 Å². The molecule has 2 saturated carbocycles. The summed E-state index contributed by atoms with van der Waals surface area (Å²) in [6, 6.07) is 5.17. The van der Waals surface area contributed by atoms with Crippen molar-refractivity contribution in [3.8, 4) is 28.9 Å². The molecule has 4 aromatic rings. The second-order valence-electron chi connectivity index (χ2n) is 11.3. The van der Waals surface area contributed by atoms with Crippen LogP contribution < -0.4 is 9.47 Å². The van der Waals surface area contributed by atoms with Gasteiger partial charge in [-0.3, -0.25) is 14.6 Å². The van der Waals surface area contributed by atoms with Gasteiger partial charge in [0.1, 0.15) is 5.82 Å². The van der Waals surface area contributed by atoms with Gasteiger partial charge in [-0.15, -0.1) is 0 Å². The van der Waals surface area contributed by atoms with Crippen LogP contribution in [0.2, 0.25) is 0 Å². The fourth-order valence-corrected chi connectivity index (χ4v) is 7.05. The van der Waals surface area contributed by atoms with Gasteiger partial charge in [-0.2, -0.15) is 20.5 Å². The largest absolute Gasteiger partial charge is 0.493 e. The first-order chi connectivity index (χ1) is 20.5. The Bertz CT molecular complexity index is 1720. The number of fused-ring (bicyclic) bond motifs is 4. The smallest absolute Gasteiger partial charge is 0.205 e. The first-order valence-corrected chi connectivity index (χ1v) is 14.2. The highest BCUT2D eigenvalue weighted by Gasteiger charge is 2.46. The highest BCUT2D eigenvalue weighted by Crippen LogP contribution is 2.46. The van der Waals surface area contributed by atoms with Crippen LogP contribution in [0.25, 0.3) is 16.8 Å². The van der Waals surface area contributed by atoms with Crippen molar-refractivity contribution < 1.29 is 19.0 Å². The summed E-state index contributed by atoms with van der Waals surface area (Å²) in [6.45, 7) is 4.29. The Kier molecular flexibility index (Phi) is 6.63. The third-order valence-corrected chi connectivity index (χ3v) is 9.09. The van der Waals surface area contributed by atoms with E-state index in [1.165, 1.54) is 17.8 Å². The average Bonchev–Trinajstić information content (AvgIpc) is 3.79. The Labute approximate surface area is 241 Å². The summed E-state index contributed by atoms with van der Waals surface area (Å²) in [5.74, 6) is 1.49. The minimum absolute atomic E-state index is 0.355. The predicted octanol–water partition coefficient (Wildman–Crippen LogP) is 3.70. The molecule has 2 aliphatic carbocycles. The Morgan fingerprint density at radius 3 is 2.83 bits per heavy atom. The van der Waals surface area contributed by atoms with Crippen LogP contribution in [0.15, 0.2) is 41.8 Å². The molecular formula is C30H31FN8O3. The minimum atomic E-state index is -0.824. The highest BCUT2D eigenvalue weighted by molar-refractivity contribution is 5.90. The van der Waals surface area contributed by atoms with Crippen LogP contribution in [0.5, 0.6) is 11.5 Å². The van der Waals surface area contributed by atoms with Gasteiger partial charge in [0, 0.05) is 36.6 Å². The third-order valence-electron chi connectivity index (χ3n) is 9.09. The number of nitrogens with zero attached hydrogens (tertiary/aromatic N) is 8. The Hall–Kier alpha value is -4.34. The zero-order valence-corrected chi connectivity index (χ0v) is 23.4. The molecule has 1 aliphatic heterocycles. The van der Waals surface area contributed by atoms with Crippen LogP contribution in [0.1, 0.15) is 42.3 Å². The van der Waals surface area contributed by atoms with Gasteiger partial charge >= 0.3 is 0 Å². The molecule has 0 amide bonds. The maximum Gasteiger partial charge on any atom is 0.205 e. The van der Waals surface area contributed by atoms with E-state index in [0.29, 0.717) is 40.6 Å². The van der Waals surface area contributed by atoms with Crippen molar-refractivity contribution in [3.05, 3.63) is 59.6 Å². The number of halogens is 1. The van der Waals surface area contributed by atoms with Crippen LogP contribution in [-0.4, -0.2) is 66.4 Å². The molecule has 3 aliphatic rings. The van der Waals surface area contributed by atoms with Crippen LogP contribution in [0.4, 0.5) is 4.39 Å². The normalized spacial score (nSPS) is 23.3. The molecule has 0 radical (unpaired) electrons. The zero-order chi connectivity index (χ0) is 29.0. The quantitative estimate of drug-likeness (QED) is 0.334. The second kappa shape index (κ2) is 10.5. The molecule has 4 atom stereocenters. The average molecular weight is 571 g/mol. The number of aromatic nitrogens is 5. The molecule has 0 unspecified atom stereocenters. The number of rotatable bonds is 7. The number of aliphatic hydroxyl groups is 1. The molecule has 11 nitrogen and oxygen atoms in total. The van der Waals surface area contributed by atoms with Crippen molar-refractivity contribution in [3.63, 3.8) is 0 Å². The number of hydrogen-bond donors (Lipinski definition) is 1. The molecule has 7 rings (SSSR count). The van der Waals surface area contributed by atoms with E-state index in [1.54, 1.807) is 17.8 Å². The van der Waals surface area contributed by atoms with Gasteiger partial charge in [0.05, 0.1) is 49.7 Å². The first-order valence-electron chi connectivity index (χ1n) is 14.2.